The minimum atomic E-state index is -0.841. The largest absolute Gasteiger partial charge is 0.489 e. The molecule has 0 bridgehead atoms. The number of carboxylic acids is 1. The second-order valence-electron chi connectivity index (χ2n) is 8.87. The van der Waals surface area contributed by atoms with E-state index in [9.17, 15) is 9.90 Å². The highest BCUT2D eigenvalue weighted by Crippen LogP contribution is 2.55. The summed E-state index contributed by atoms with van der Waals surface area (Å²) >= 11 is 0. The van der Waals surface area contributed by atoms with Gasteiger partial charge in [-0.2, -0.15) is 0 Å². The number of benzene rings is 4. The third-order valence-electron chi connectivity index (χ3n) is 6.92. The van der Waals surface area contributed by atoms with Crippen molar-refractivity contribution in [2.24, 2.45) is 5.92 Å². The molecule has 1 aliphatic carbocycles. The Morgan fingerprint density at radius 3 is 2.20 bits per heavy atom. The fourth-order valence-electron chi connectivity index (χ4n) is 5.40. The molecule has 3 atom stereocenters. The van der Waals surface area contributed by atoms with Crippen LogP contribution in [0.4, 0.5) is 0 Å². The standard InChI is InChI=1S/C30H24O5/c31-30(32)29-27(20-14-15-25-26(16-20)35-18-34-25)21-10-4-5-11-22(21)28(29)23-12-6-7-13-24(23)33-17-19-8-2-1-3-9-19/h1-16,27-29H,17-18H2,(H,31,32)/t27-,28-,29+/m0/s1. The summed E-state index contributed by atoms with van der Waals surface area (Å²) < 4.78 is 17.3. The van der Waals surface area contributed by atoms with Crippen LogP contribution >= 0.6 is 0 Å². The summed E-state index contributed by atoms with van der Waals surface area (Å²) in [5.74, 6) is -0.187. The van der Waals surface area contributed by atoms with Crippen LogP contribution in [0.15, 0.2) is 97.1 Å². The number of para-hydroxylation sites is 1. The van der Waals surface area contributed by atoms with Crippen molar-refractivity contribution in [1.29, 1.82) is 0 Å². The first-order chi connectivity index (χ1) is 17.2. The summed E-state index contributed by atoms with van der Waals surface area (Å²) in [6.45, 7) is 0.590. The Morgan fingerprint density at radius 2 is 1.43 bits per heavy atom. The molecule has 5 nitrogen and oxygen atoms in total. The molecule has 1 N–H and O–H groups in total. The Bertz CT molecular complexity index is 1380. The zero-order valence-electron chi connectivity index (χ0n) is 19.0. The molecule has 5 heteroatoms. The number of fused-ring (bicyclic) bond motifs is 2. The molecule has 6 rings (SSSR count). The summed E-state index contributed by atoms with van der Waals surface area (Å²) in [7, 11) is 0. The fraction of sp³-hybridized carbons (Fsp3) is 0.167. The predicted octanol–water partition coefficient (Wildman–Crippen LogP) is 5.97. The molecule has 0 spiro atoms. The highest BCUT2D eigenvalue weighted by molar-refractivity contribution is 5.78. The summed E-state index contributed by atoms with van der Waals surface area (Å²) in [5, 5.41) is 10.5. The molecule has 0 aromatic heterocycles. The Morgan fingerprint density at radius 1 is 0.771 bits per heavy atom. The van der Waals surface area contributed by atoms with E-state index in [1.165, 1.54) is 0 Å². The highest BCUT2D eigenvalue weighted by atomic mass is 16.7. The van der Waals surface area contributed by atoms with Gasteiger partial charge in [0.1, 0.15) is 12.4 Å². The van der Waals surface area contributed by atoms with Gasteiger partial charge in [0.2, 0.25) is 6.79 Å². The van der Waals surface area contributed by atoms with Crippen molar-refractivity contribution in [2.75, 3.05) is 6.79 Å². The number of carboxylic acid groups (broad SMARTS) is 1. The van der Waals surface area contributed by atoms with E-state index in [-0.39, 0.29) is 18.6 Å². The molecule has 2 aliphatic rings. The lowest BCUT2D eigenvalue weighted by Crippen LogP contribution is -2.24. The first-order valence-electron chi connectivity index (χ1n) is 11.7. The molecule has 1 heterocycles. The van der Waals surface area contributed by atoms with Crippen LogP contribution in [0, 0.1) is 5.92 Å². The average Bonchev–Trinajstić information content (AvgIpc) is 3.50. The van der Waals surface area contributed by atoms with E-state index in [2.05, 4.69) is 0 Å². The molecule has 0 fully saturated rings. The van der Waals surface area contributed by atoms with Crippen LogP contribution in [0.1, 0.15) is 39.7 Å². The number of hydrogen-bond donors (Lipinski definition) is 1. The lowest BCUT2D eigenvalue weighted by atomic mass is 9.79. The maximum atomic E-state index is 12.9. The SMILES string of the molecule is O=C(O)[C@H]1[C@H](c2ccccc2OCc2ccccc2)c2ccccc2[C@@H]1c1ccc2c(c1)OCO2. The van der Waals surface area contributed by atoms with Crippen LogP contribution in [0.5, 0.6) is 17.2 Å². The van der Waals surface area contributed by atoms with Gasteiger partial charge in [-0.3, -0.25) is 4.79 Å². The molecule has 0 radical (unpaired) electrons. The van der Waals surface area contributed by atoms with Crippen LogP contribution in [-0.4, -0.2) is 17.9 Å². The molecule has 1 aliphatic heterocycles. The summed E-state index contributed by atoms with van der Waals surface area (Å²) in [6.07, 6.45) is 0. The zero-order chi connectivity index (χ0) is 23.8. The average molecular weight is 465 g/mol. The second kappa shape index (κ2) is 8.84. The minimum absolute atomic E-state index is 0.178. The number of ether oxygens (including phenoxy) is 3. The van der Waals surface area contributed by atoms with Crippen molar-refractivity contribution in [3.05, 3.63) is 125 Å². The Hall–Kier alpha value is -4.25. The molecular formula is C30H24O5. The van der Waals surface area contributed by atoms with Crippen LogP contribution < -0.4 is 14.2 Å². The van der Waals surface area contributed by atoms with E-state index in [1.54, 1.807) is 0 Å². The van der Waals surface area contributed by atoms with Crippen LogP contribution in [0.2, 0.25) is 0 Å². The van der Waals surface area contributed by atoms with E-state index in [4.69, 9.17) is 14.2 Å². The van der Waals surface area contributed by atoms with Gasteiger partial charge in [0.15, 0.2) is 11.5 Å². The monoisotopic (exact) mass is 464 g/mol. The van der Waals surface area contributed by atoms with Gasteiger partial charge >= 0.3 is 5.97 Å². The summed E-state index contributed by atoms with van der Waals surface area (Å²) in [4.78, 5) is 12.9. The van der Waals surface area contributed by atoms with E-state index in [1.807, 2.05) is 97.1 Å². The maximum absolute atomic E-state index is 12.9. The van der Waals surface area contributed by atoms with E-state index in [0.29, 0.717) is 23.9 Å². The van der Waals surface area contributed by atoms with Gasteiger partial charge < -0.3 is 19.3 Å². The first-order valence-corrected chi connectivity index (χ1v) is 11.7. The van der Waals surface area contributed by atoms with Crippen molar-refractivity contribution in [3.8, 4) is 17.2 Å². The molecule has 35 heavy (non-hydrogen) atoms. The van der Waals surface area contributed by atoms with Crippen LogP contribution in [-0.2, 0) is 11.4 Å². The van der Waals surface area contributed by atoms with E-state index >= 15 is 0 Å². The van der Waals surface area contributed by atoms with Gasteiger partial charge in [-0.05, 0) is 40.5 Å². The van der Waals surface area contributed by atoms with Crippen molar-refractivity contribution in [1.82, 2.24) is 0 Å². The third-order valence-corrected chi connectivity index (χ3v) is 6.92. The molecule has 0 saturated carbocycles. The number of hydrogen-bond acceptors (Lipinski definition) is 4. The van der Waals surface area contributed by atoms with Crippen molar-refractivity contribution in [3.63, 3.8) is 0 Å². The molecule has 4 aromatic carbocycles. The Balaban J connectivity index is 1.44. The van der Waals surface area contributed by atoms with Crippen LogP contribution in [0.3, 0.4) is 0 Å². The summed E-state index contributed by atoms with van der Waals surface area (Å²) in [5.41, 5.74) is 4.87. The highest BCUT2D eigenvalue weighted by Gasteiger charge is 2.47. The van der Waals surface area contributed by atoms with Gasteiger partial charge in [-0.15, -0.1) is 0 Å². The third kappa shape index (κ3) is 3.79. The van der Waals surface area contributed by atoms with Gasteiger partial charge in [0.05, 0.1) is 5.92 Å². The van der Waals surface area contributed by atoms with Gasteiger partial charge in [0, 0.05) is 17.4 Å². The maximum Gasteiger partial charge on any atom is 0.308 e. The quantitative estimate of drug-likeness (QED) is 0.381. The molecule has 0 saturated heterocycles. The normalized spacial score (nSPS) is 19.8. The van der Waals surface area contributed by atoms with Crippen molar-refractivity contribution in [2.45, 2.75) is 18.4 Å². The molecule has 174 valence electrons. The first kappa shape index (κ1) is 21.3. The Kier molecular flexibility index (Phi) is 5.38. The van der Waals surface area contributed by atoms with Gasteiger partial charge in [0.25, 0.3) is 0 Å². The molecular weight excluding hydrogens is 440 g/mol. The van der Waals surface area contributed by atoms with Gasteiger partial charge in [-0.1, -0.05) is 78.9 Å². The van der Waals surface area contributed by atoms with E-state index < -0.39 is 11.9 Å². The van der Waals surface area contributed by atoms with Crippen molar-refractivity contribution < 1.29 is 24.1 Å². The minimum Gasteiger partial charge on any atom is -0.489 e. The number of rotatable bonds is 6. The zero-order valence-corrected chi connectivity index (χ0v) is 19.0. The van der Waals surface area contributed by atoms with Crippen molar-refractivity contribution >= 4 is 5.97 Å². The second-order valence-corrected chi connectivity index (χ2v) is 8.87. The fourth-order valence-corrected chi connectivity index (χ4v) is 5.40. The summed E-state index contributed by atoms with van der Waals surface area (Å²) in [6, 6.07) is 31.5. The molecule has 4 aromatic rings. The predicted molar refractivity (Wildman–Crippen MR) is 131 cm³/mol. The molecule has 0 amide bonds. The molecule has 0 unspecified atom stereocenters. The number of carbonyl (C=O) groups is 1. The van der Waals surface area contributed by atoms with Crippen LogP contribution in [0.25, 0.3) is 0 Å². The lowest BCUT2D eigenvalue weighted by molar-refractivity contribution is -0.142. The number of aliphatic carboxylic acids is 1. The lowest BCUT2D eigenvalue weighted by Gasteiger charge is -2.24. The smallest absolute Gasteiger partial charge is 0.308 e. The van der Waals surface area contributed by atoms with E-state index in [0.717, 1.165) is 27.8 Å². The Labute approximate surface area is 203 Å². The topological polar surface area (TPSA) is 65.0 Å². The van der Waals surface area contributed by atoms with Gasteiger partial charge in [-0.25, -0.2) is 0 Å².